The van der Waals surface area contributed by atoms with Gasteiger partial charge in [-0.2, -0.15) is 0 Å². The molecule has 2 rings (SSSR count). The van der Waals surface area contributed by atoms with Crippen molar-refractivity contribution >= 4 is 24.1 Å². The zero-order chi connectivity index (χ0) is 16.8. The summed E-state index contributed by atoms with van der Waals surface area (Å²) in [6.45, 7) is 0.439. The van der Waals surface area contributed by atoms with Crippen molar-refractivity contribution in [3.8, 4) is 0 Å². The van der Waals surface area contributed by atoms with E-state index >= 15 is 0 Å². The van der Waals surface area contributed by atoms with Gasteiger partial charge in [-0.1, -0.05) is 54.6 Å². The fourth-order valence-electron chi connectivity index (χ4n) is 2.41. The minimum atomic E-state index is -0.326. The molecule has 128 valence electrons. The van der Waals surface area contributed by atoms with E-state index in [4.69, 9.17) is 11.1 Å². The monoisotopic (exact) mass is 346 g/mol. The van der Waals surface area contributed by atoms with Crippen molar-refractivity contribution in [2.24, 2.45) is 5.73 Å². The molecule has 24 heavy (non-hydrogen) atoms. The molecular formula is C18H23ClN4O. The number of nitrogens with one attached hydrogen (secondary N) is 2. The third-order valence-electron chi connectivity index (χ3n) is 3.61. The molecule has 0 aliphatic heterocycles. The summed E-state index contributed by atoms with van der Waals surface area (Å²) in [6.07, 6.45) is 0. The highest BCUT2D eigenvalue weighted by molar-refractivity contribution is 5.94. The van der Waals surface area contributed by atoms with Crippen LogP contribution in [0.4, 0.5) is 0 Å². The van der Waals surface area contributed by atoms with Gasteiger partial charge in [-0.25, -0.2) is 0 Å². The zero-order valence-corrected chi connectivity index (χ0v) is 14.6. The van der Waals surface area contributed by atoms with Gasteiger partial charge in [-0.3, -0.25) is 15.1 Å². The Bertz CT molecular complexity index is 671. The molecule has 0 saturated carbocycles. The summed E-state index contributed by atoms with van der Waals surface area (Å²) in [5, 5.41) is 10.3. The van der Waals surface area contributed by atoms with Crippen LogP contribution in [0, 0.1) is 5.41 Å². The standard InChI is InChI=1S/C18H22N4O.ClH/c1-22(2)16(14-6-4-3-5-7-14)18(23)21-12-13-8-10-15(11-9-13)17(19)20;/h3-11,16H,12H2,1-2H3,(H3,19,20)(H,21,23);1H. The molecule has 0 aliphatic carbocycles. The molecule has 0 aliphatic rings. The number of halogens is 1. The molecule has 0 bridgehead atoms. The molecule has 6 heteroatoms. The Balaban J connectivity index is 0.00000288. The number of nitrogen functional groups attached to an aromatic ring is 1. The highest BCUT2D eigenvalue weighted by atomic mass is 35.5. The van der Waals surface area contributed by atoms with Gasteiger partial charge in [0.25, 0.3) is 0 Å². The number of amidine groups is 1. The highest BCUT2D eigenvalue weighted by Crippen LogP contribution is 2.18. The fourth-order valence-corrected chi connectivity index (χ4v) is 2.41. The first-order chi connectivity index (χ1) is 11.0. The molecule has 5 nitrogen and oxygen atoms in total. The van der Waals surface area contributed by atoms with Crippen molar-refractivity contribution in [1.29, 1.82) is 5.41 Å². The molecule has 0 heterocycles. The number of hydrogen-bond acceptors (Lipinski definition) is 3. The molecule has 1 amide bonds. The SMILES string of the molecule is CN(C)C(C(=O)NCc1ccc(C(=N)N)cc1)c1ccccc1.Cl. The van der Waals surface area contributed by atoms with Gasteiger partial charge in [0.15, 0.2) is 0 Å². The third kappa shape index (κ3) is 5.08. The lowest BCUT2D eigenvalue weighted by Crippen LogP contribution is -2.36. The summed E-state index contributed by atoms with van der Waals surface area (Å²) in [4.78, 5) is 14.4. The lowest BCUT2D eigenvalue weighted by atomic mass is 10.1. The number of carbonyl (C=O) groups excluding carboxylic acids is 1. The van der Waals surface area contributed by atoms with E-state index in [-0.39, 0.29) is 30.2 Å². The number of carbonyl (C=O) groups is 1. The van der Waals surface area contributed by atoms with E-state index in [1.807, 2.05) is 61.5 Å². The largest absolute Gasteiger partial charge is 0.384 e. The summed E-state index contributed by atoms with van der Waals surface area (Å²) in [7, 11) is 3.78. The molecule has 1 unspecified atom stereocenters. The molecule has 1 atom stereocenters. The lowest BCUT2D eigenvalue weighted by molar-refractivity contribution is -0.125. The van der Waals surface area contributed by atoms with Crippen molar-refractivity contribution in [3.05, 3.63) is 71.3 Å². The van der Waals surface area contributed by atoms with Gasteiger partial charge in [-0.15, -0.1) is 12.4 Å². The quantitative estimate of drug-likeness (QED) is 0.554. The van der Waals surface area contributed by atoms with Crippen LogP contribution in [0.2, 0.25) is 0 Å². The number of hydrogen-bond donors (Lipinski definition) is 3. The van der Waals surface area contributed by atoms with Crippen LogP contribution < -0.4 is 11.1 Å². The van der Waals surface area contributed by atoms with E-state index in [2.05, 4.69) is 5.32 Å². The van der Waals surface area contributed by atoms with Crippen molar-refractivity contribution in [2.45, 2.75) is 12.6 Å². The van der Waals surface area contributed by atoms with E-state index in [1.54, 1.807) is 12.1 Å². The minimum Gasteiger partial charge on any atom is -0.384 e. The summed E-state index contributed by atoms with van der Waals surface area (Å²) in [5.41, 5.74) is 8.03. The van der Waals surface area contributed by atoms with Crippen LogP contribution in [0.15, 0.2) is 54.6 Å². The van der Waals surface area contributed by atoms with Crippen LogP contribution in [0.3, 0.4) is 0 Å². The Morgan fingerprint density at radius 3 is 2.21 bits per heavy atom. The second-order valence-electron chi connectivity index (χ2n) is 5.61. The molecule has 0 spiro atoms. The second-order valence-corrected chi connectivity index (χ2v) is 5.61. The smallest absolute Gasteiger partial charge is 0.242 e. The van der Waals surface area contributed by atoms with Gasteiger partial charge < -0.3 is 11.1 Å². The van der Waals surface area contributed by atoms with E-state index in [0.717, 1.165) is 11.1 Å². The van der Waals surface area contributed by atoms with Crippen LogP contribution >= 0.6 is 12.4 Å². The average Bonchev–Trinajstić information content (AvgIpc) is 2.54. The maximum Gasteiger partial charge on any atom is 0.242 e. The van der Waals surface area contributed by atoms with Crippen molar-refractivity contribution < 1.29 is 4.79 Å². The van der Waals surface area contributed by atoms with E-state index in [0.29, 0.717) is 12.1 Å². The number of benzene rings is 2. The lowest BCUT2D eigenvalue weighted by Gasteiger charge is -2.23. The fraction of sp³-hybridized carbons (Fsp3) is 0.222. The maximum atomic E-state index is 12.5. The van der Waals surface area contributed by atoms with Crippen molar-refractivity contribution in [2.75, 3.05) is 14.1 Å². The molecule has 0 aromatic heterocycles. The molecule has 0 radical (unpaired) electrons. The number of likely N-dealkylation sites (N-methyl/N-ethyl adjacent to an activating group) is 1. The van der Waals surface area contributed by atoms with Crippen molar-refractivity contribution in [1.82, 2.24) is 10.2 Å². The number of nitrogens with two attached hydrogens (primary N) is 1. The number of rotatable bonds is 6. The molecule has 4 N–H and O–H groups in total. The second kappa shape index (κ2) is 9.05. The first kappa shape index (κ1) is 19.7. The van der Waals surface area contributed by atoms with E-state index < -0.39 is 0 Å². The van der Waals surface area contributed by atoms with Gasteiger partial charge in [0.05, 0.1) is 0 Å². The first-order valence-electron chi connectivity index (χ1n) is 7.41. The Kier molecular flexibility index (Phi) is 7.42. The van der Waals surface area contributed by atoms with Gasteiger partial charge in [0, 0.05) is 12.1 Å². The van der Waals surface area contributed by atoms with Crippen molar-refractivity contribution in [3.63, 3.8) is 0 Å². The average molecular weight is 347 g/mol. The van der Waals surface area contributed by atoms with E-state index in [9.17, 15) is 4.79 Å². The van der Waals surface area contributed by atoms with Gasteiger partial charge >= 0.3 is 0 Å². The summed E-state index contributed by atoms with van der Waals surface area (Å²) >= 11 is 0. The Morgan fingerprint density at radius 2 is 1.71 bits per heavy atom. The normalized spacial score (nSPS) is 11.5. The van der Waals surface area contributed by atoms with Crippen LogP contribution in [0.1, 0.15) is 22.7 Å². The van der Waals surface area contributed by atoms with E-state index in [1.165, 1.54) is 0 Å². The minimum absolute atomic E-state index is 0. The van der Waals surface area contributed by atoms with Gasteiger partial charge in [0.1, 0.15) is 11.9 Å². The topological polar surface area (TPSA) is 82.2 Å². The molecular weight excluding hydrogens is 324 g/mol. The molecule has 2 aromatic carbocycles. The Labute approximate surface area is 148 Å². The predicted octanol–water partition coefficient (Wildman–Crippen LogP) is 2.31. The van der Waals surface area contributed by atoms with Gasteiger partial charge in [0.2, 0.25) is 5.91 Å². The van der Waals surface area contributed by atoms with Crippen LogP contribution in [0.5, 0.6) is 0 Å². The summed E-state index contributed by atoms with van der Waals surface area (Å²) in [5.74, 6) is -0.00539. The van der Waals surface area contributed by atoms with Crippen LogP contribution in [0.25, 0.3) is 0 Å². The zero-order valence-electron chi connectivity index (χ0n) is 13.8. The van der Waals surface area contributed by atoms with Crippen LogP contribution in [-0.4, -0.2) is 30.7 Å². The number of amides is 1. The molecule has 0 fully saturated rings. The summed E-state index contributed by atoms with van der Waals surface area (Å²) < 4.78 is 0. The predicted molar refractivity (Wildman–Crippen MR) is 99.4 cm³/mol. The molecule has 2 aromatic rings. The number of nitrogens with zero attached hydrogens (tertiary/aromatic N) is 1. The van der Waals surface area contributed by atoms with Crippen LogP contribution in [-0.2, 0) is 11.3 Å². The maximum absolute atomic E-state index is 12.5. The molecule has 0 saturated heterocycles. The Hall–Kier alpha value is -2.37. The third-order valence-corrected chi connectivity index (χ3v) is 3.61. The summed E-state index contributed by atoms with van der Waals surface area (Å²) in [6, 6.07) is 16.7. The first-order valence-corrected chi connectivity index (χ1v) is 7.41. The Morgan fingerprint density at radius 1 is 1.12 bits per heavy atom. The van der Waals surface area contributed by atoms with Gasteiger partial charge in [-0.05, 0) is 25.2 Å². The highest BCUT2D eigenvalue weighted by Gasteiger charge is 2.22.